The lowest BCUT2D eigenvalue weighted by atomic mass is 9.98. The molecule has 0 radical (unpaired) electrons. The van der Waals surface area contributed by atoms with Gasteiger partial charge in [-0.05, 0) is 25.0 Å². The van der Waals surface area contributed by atoms with Crippen molar-refractivity contribution in [1.29, 1.82) is 0 Å². The predicted octanol–water partition coefficient (Wildman–Crippen LogP) is 0.652. The second kappa shape index (κ2) is 8.37. The first kappa shape index (κ1) is 15.3. The third-order valence-electron chi connectivity index (χ3n) is 3.10. The van der Waals surface area contributed by atoms with Crippen molar-refractivity contribution in [3.8, 4) is 0 Å². The molecule has 1 rings (SSSR count). The molecule has 0 aliphatic carbocycles. The molecule has 1 amide bonds. The summed E-state index contributed by atoms with van der Waals surface area (Å²) in [5.74, 6) is 0.652. The maximum atomic E-state index is 11.9. The van der Waals surface area contributed by atoms with Gasteiger partial charge in [0.05, 0.1) is 6.54 Å². The minimum absolute atomic E-state index is 0.00305. The number of nitrogens with zero attached hydrogens (tertiary/aromatic N) is 1. The fourth-order valence-electron chi connectivity index (χ4n) is 2.19. The minimum Gasteiger partial charge on any atom is -0.480 e. The van der Waals surface area contributed by atoms with E-state index in [1.54, 1.807) is 11.8 Å². The molecule has 0 spiro atoms. The highest BCUT2D eigenvalue weighted by atomic mass is 32.2. The van der Waals surface area contributed by atoms with Crippen LogP contribution in [0.15, 0.2) is 0 Å². The lowest BCUT2D eigenvalue weighted by Gasteiger charge is -2.33. The van der Waals surface area contributed by atoms with Gasteiger partial charge in [0.15, 0.2) is 0 Å². The van der Waals surface area contributed by atoms with E-state index in [1.165, 1.54) is 0 Å². The van der Waals surface area contributed by atoms with Crippen molar-refractivity contribution < 1.29 is 14.7 Å². The summed E-state index contributed by atoms with van der Waals surface area (Å²) in [4.78, 5) is 24.2. The van der Waals surface area contributed by atoms with Crippen LogP contribution in [-0.2, 0) is 9.59 Å². The van der Waals surface area contributed by atoms with Gasteiger partial charge in [0, 0.05) is 31.8 Å². The van der Waals surface area contributed by atoms with Gasteiger partial charge in [0.2, 0.25) is 5.91 Å². The van der Waals surface area contributed by atoms with Crippen LogP contribution in [0.1, 0.15) is 19.3 Å². The van der Waals surface area contributed by atoms with E-state index < -0.39 is 5.97 Å². The Balaban J connectivity index is 2.27. The van der Waals surface area contributed by atoms with E-state index in [0.29, 0.717) is 18.9 Å². The van der Waals surface area contributed by atoms with Crippen LogP contribution in [0, 0.1) is 5.92 Å². The first-order valence-electron chi connectivity index (χ1n) is 6.32. The molecule has 0 aromatic heterocycles. The Kier molecular flexibility index (Phi) is 7.12. The summed E-state index contributed by atoms with van der Waals surface area (Å²) < 4.78 is 0. The summed E-state index contributed by atoms with van der Waals surface area (Å²) in [5, 5.41) is 11.5. The summed E-state index contributed by atoms with van der Waals surface area (Å²) in [5.41, 5.74) is 0. The van der Waals surface area contributed by atoms with E-state index in [9.17, 15) is 9.59 Å². The van der Waals surface area contributed by atoms with Crippen LogP contribution in [0.4, 0.5) is 0 Å². The Morgan fingerprint density at radius 2 is 2.28 bits per heavy atom. The maximum Gasteiger partial charge on any atom is 0.317 e. The number of carbonyl (C=O) groups excluding carboxylic acids is 1. The second-order valence-corrected chi connectivity index (χ2v) is 5.60. The number of rotatable bonds is 7. The number of amides is 1. The molecular formula is C12H22N2O3S. The van der Waals surface area contributed by atoms with Crippen LogP contribution in [0.3, 0.4) is 0 Å². The van der Waals surface area contributed by atoms with Crippen LogP contribution in [0.2, 0.25) is 0 Å². The number of aliphatic carboxylic acids is 1. The van der Waals surface area contributed by atoms with Gasteiger partial charge in [-0.1, -0.05) is 0 Å². The molecule has 104 valence electrons. The van der Waals surface area contributed by atoms with E-state index in [4.69, 9.17) is 5.11 Å². The molecule has 0 aromatic carbocycles. The maximum absolute atomic E-state index is 11.9. The number of hydrogen-bond acceptors (Lipinski definition) is 4. The Morgan fingerprint density at radius 1 is 1.50 bits per heavy atom. The number of piperidine rings is 1. The fraction of sp³-hybridized carbons (Fsp3) is 0.833. The smallest absolute Gasteiger partial charge is 0.317 e. The van der Waals surface area contributed by atoms with Gasteiger partial charge in [-0.2, -0.15) is 11.8 Å². The van der Waals surface area contributed by atoms with Crippen LogP contribution < -0.4 is 5.32 Å². The number of carboxylic acids is 1. The third-order valence-corrected chi connectivity index (χ3v) is 3.71. The molecule has 0 bridgehead atoms. The van der Waals surface area contributed by atoms with Crippen molar-refractivity contribution >= 4 is 23.6 Å². The van der Waals surface area contributed by atoms with E-state index in [0.717, 1.165) is 31.7 Å². The zero-order chi connectivity index (χ0) is 13.4. The van der Waals surface area contributed by atoms with Crippen LogP contribution >= 0.6 is 11.8 Å². The number of thioether (sulfide) groups is 1. The van der Waals surface area contributed by atoms with E-state index in [1.807, 2.05) is 11.2 Å². The largest absolute Gasteiger partial charge is 0.480 e. The average molecular weight is 274 g/mol. The molecule has 1 fully saturated rings. The predicted molar refractivity (Wildman–Crippen MR) is 72.8 cm³/mol. The highest BCUT2D eigenvalue weighted by Gasteiger charge is 2.22. The van der Waals surface area contributed by atoms with Gasteiger partial charge in [0.25, 0.3) is 0 Å². The molecule has 5 nitrogen and oxygen atoms in total. The summed E-state index contributed by atoms with van der Waals surface area (Å²) >= 11 is 1.69. The third kappa shape index (κ3) is 5.73. The lowest BCUT2D eigenvalue weighted by molar-refractivity contribution is -0.136. The van der Waals surface area contributed by atoms with Gasteiger partial charge in [-0.15, -0.1) is 0 Å². The molecule has 1 unspecified atom stereocenters. The first-order chi connectivity index (χ1) is 8.63. The highest BCUT2D eigenvalue weighted by Crippen LogP contribution is 2.16. The summed E-state index contributed by atoms with van der Waals surface area (Å²) in [7, 11) is 0. The van der Waals surface area contributed by atoms with Gasteiger partial charge in [-0.3, -0.25) is 9.59 Å². The summed E-state index contributed by atoms with van der Waals surface area (Å²) in [6.45, 7) is 2.29. The summed E-state index contributed by atoms with van der Waals surface area (Å²) in [6, 6.07) is 0. The highest BCUT2D eigenvalue weighted by molar-refractivity contribution is 7.98. The van der Waals surface area contributed by atoms with Gasteiger partial charge < -0.3 is 15.3 Å². The van der Waals surface area contributed by atoms with Crippen molar-refractivity contribution in [3.63, 3.8) is 0 Å². The van der Waals surface area contributed by atoms with E-state index in [2.05, 4.69) is 5.32 Å². The molecule has 2 N–H and O–H groups in total. The number of carbonyl (C=O) groups is 2. The Bertz CT molecular complexity index is 286. The molecule has 6 heteroatoms. The topological polar surface area (TPSA) is 69.6 Å². The summed E-state index contributed by atoms with van der Waals surface area (Å²) in [6.07, 6.45) is 4.70. The van der Waals surface area contributed by atoms with E-state index in [-0.39, 0.29) is 12.5 Å². The Hall–Kier alpha value is -0.750. The molecule has 1 aliphatic heterocycles. The first-order valence-corrected chi connectivity index (χ1v) is 7.72. The molecule has 1 saturated heterocycles. The van der Waals surface area contributed by atoms with Gasteiger partial charge in [0.1, 0.15) is 0 Å². The van der Waals surface area contributed by atoms with Crippen LogP contribution in [-0.4, -0.2) is 60.1 Å². The number of hydrogen-bond donors (Lipinski definition) is 2. The van der Waals surface area contributed by atoms with Crippen molar-refractivity contribution in [2.45, 2.75) is 19.3 Å². The van der Waals surface area contributed by atoms with Crippen molar-refractivity contribution in [2.24, 2.45) is 5.92 Å². The standard InChI is InChI=1S/C12H22N2O3S/c1-18-6-4-11(15)14-5-2-3-10(9-14)7-13-8-12(16)17/h10,13H,2-9H2,1H3,(H,16,17). The monoisotopic (exact) mass is 274 g/mol. The second-order valence-electron chi connectivity index (χ2n) is 4.62. The quantitative estimate of drug-likeness (QED) is 0.713. The lowest BCUT2D eigenvalue weighted by Crippen LogP contribution is -2.43. The SMILES string of the molecule is CSCCC(=O)N1CCCC(CNCC(=O)O)C1. The normalized spacial score (nSPS) is 19.8. The molecule has 18 heavy (non-hydrogen) atoms. The average Bonchev–Trinajstić information content (AvgIpc) is 2.36. The zero-order valence-electron chi connectivity index (χ0n) is 10.9. The molecule has 1 aliphatic rings. The van der Waals surface area contributed by atoms with Gasteiger partial charge in [-0.25, -0.2) is 0 Å². The molecular weight excluding hydrogens is 252 g/mol. The zero-order valence-corrected chi connectivity index (χ0v) is 11.7. The Morgan fingerprint density at radius 3 is 2.94 bits per heavy atom. The number of carboxylic acid groups (broad SMARTS) is 1. The number of likely N-dealkylation sites (tertiary alicyclic amines) is 1. The number of nitrogens with one attached hydrogen (secondary N) is 1. The van der Waals surface area contributed by atoms with Crippen LogP contribution in [0.5, 0.6) is 0 Å². The molecule has 0 saturated carbocycles. The molecule has 1 heterocycles. The van der Waals surface area contributed by atoms with Crippen LogP contribution in [0.25, 0.3) is 0 Å². The molecule has 1 atom stereocenters. The molecule has 0 aromatic rings. The van der Waals surface area contributed by atoms with Crippen molar-refractivity contribution in [1.82, 2.24) is 10.2 Å². The Labute approximate surface area is 112 Å². The fourth-order valence-corrected chi connectivity index (χ4v) is 2.57. The van der Waals surface area contributed by atoms with Crippen molar-refractivity contribution in [2.75, 3.05) is 38.2 Å². The van der Waals surface area contributed by atoms with Crippen molar-refractivity contribution in [3.05, 3.63) is 0 Å². The minimum atomic E-state index is -0.835. The van der Waals surface area contributed by atoms with E-state index >= 15 is 0 Å². The van der Waals surface area contributed by atoms with Gasteiger partial charge >= 0.3 is 5.97 Å².